The summed E-state index contributed by atoms with van der Waals surface area (Å²) in [5.74, 6) is -0.435. The summed E-state index contributed by atoms with van der Waals surface area (Å²) in [5, 5.41) is 9.40. The second kappa shape index (κ2) is 3.02. The number of hydrogen-bond acceptors (Lipinski definition) is 4. The van der Waals surface area contributed by atoms with Gasteiger partial charge in [0.05, 0.1) is 7.11 Å². The topological polar surface area (TPSA) is 63.8 Å². The molecule has 0 spiro atoms. The highest BCUT2D eigenvalue weighted by atomic mass is 16.5. The summed E-state index contributed by atoms with van der Waals surface area (Å²) in [7, 11) is 1.30. The largest absolute Gasteiger partial charge is 0.504 e. The van der Waals surface area contributed by atoms with Crippen molar-refractivity contribution in [3.05, 3.63) is 30.2 Å². The molecule has 72 valence electrons. The Morgan fingerprint density at radius 1 is 1.57 bits per heavy atom. The summed E-state index contributed by atoms with van der Waals surface area (Å²) >= 11 is 0. The molecule has 2 rings (SSSR count). The van der Waals surface area contributed by atoms with Crippen molar-refractivity contribution >= 4 is 11.6 Å². The smallest absolute Gasteiger partial charge is 0.355 e. The minimum atomic E-state index is -0.465. The number of carbonyl (C=O) groups is 1. The Kier molecular flexibility index (Phi) is 1.85. The van der Waals surface area contributed by atoms with Crippen molar-refractivity contribution in [2.45, 2.75) is 0 Å². The number of nitrogens with zero attached hydrogens (tertiary/aromatic N) is 2. The third-order valence-electron chi connectivity index (χ3n) is 1.92. The lowest BCUT2D eigenvalue weighted by molar-refractivity contribution is 0.0592. The minimum Gasteiger partial charge on any atom is -0.504 e. The molecule has 1 N–H and O–H groups in total. The maximum absolute atomic E-state index is 11.3. The first-order chi connectivity index (χ1) is 6.74. The molecule has 2 aromatic rings. The molecular weight excluding hydrogens is 184 g/mol. The van der Waals surface area contributed by atoms with E-state index < -0.39 is 5.97 Å². The first-order valence-corrected chi connectivity index (χ1v) is 3.97. The van der Waals surface area contributed by atoms with Crippen molar-refractivity contribution in [2.75, 3.05) is 7.11 Å². The lowest BCUT2D eigenvalue weighted by Gasteiger charge is -2.03. The second-order valence-corrected chi connectivity index (χ2v) is 2.72. The van der Waals surface area contributed by atoms with Crippen LogP contribution in [-0.2, 0) is 4.74 Å². The Bertz CT molecular complexity index is 490. The van der Waals surface area contributed by atoms with Crippen LogP contribution < -0.4 is 0 Å². The minimum absolute atomic E-state index is 0.0302. The van der Waals surface area contributed by atoms with E-state index in [0.29, 0.717) is 11.3 Å². The van der Waals surface area contributed by atoms with Gasteiger partial charge in [0.25, 0.3) is 0 Å². The van der Waals surface area contributed by atoms with Crippen LogP contribution >= 0.6 is 0 Å². The zero-order valence-electron chi connectivity index (χ0n) is 7.47. The number of carbonyl (C=O) groups excluding carboxylic acids is 1. The summed E-state index contributed by atoms with van der Waals surface area (Å²) in [6.45, 7) is 0. The molecule has 0 radical (unpaired) electrons. The first-order valence-electron chi connectivity index (χ1n) is 3.97. The van der Waals surface area contributed by atoms with Crippen LogP contribution in [-0.4, -0.2) is 27.6 Å². The third kappa shape index (κ3) is 1.10. The fraction of sp³-hybridized carbons (Fsp3) is 0.111. The maximum atomic E-state index is 11.3. The van der Waals surface area contributed by atoms with Crippen LogP contribution in [0, 0.1) is 0 Å². The second-order valence-electron chi connectivity index (χ2n) is 2.72. The number of fused-ring (bicyclic) bond motifs is 1. The van der Waals surface area contributed by atoms with E-state index in [1.807, 2.05) is 0 Å². The molecule has 14 heavy (non-hydrogen) atoms. The molecule has 0 saturated heterocycles. The predicted molar refractivity (Wildman–Crippen MR) is 48.2 cm³/mol. The van der Waals surface area contributed by atoms with Gasteiger partial charge in [-0.1, -0.05) is 0 Å². The zero-order chi connectivity index (χ0) is 10.1. The Morgan fingerprint density at radius 2 is 2.36 bits per heavy atom. The van der Waals surface area contributed by atoms with Gasteiger partial charge in [-0.3, -0.25) is 4.40 Å². The highest BCUT2D eigenvalue weighted by molar-refractivity contribution is 5.88. The van der Waals surface area contributed by atoms with Crippen molar-refractivity contribution in [3.63, 3.8) is 0 Å². The average molecular weight is 192 g/mol. The van der Waals surface area contributed by atoms with Gasteiger partial charge in [0.15, 0.2) is 11.4 Å². The summed E-state index contributed by atoms with van der Waals surface area (Å²) in [4.78, 5) is 15.2. The predicted octanol–water partition coefficient (Wildman–Crippen LogP) is 0.826. The maximum Gasteiger partial charge on any atom is 0.355 e. The fourth-order valence-corrected chi connectivity index (χ4v) is 1.27. The van der Waals surface area contributed by atoms with Gasteiger partial charge >= 0.3 is 5.97 Å². The molecule has 0 aliphatic carbocycles. The number of aromatic nitrogens is 2. The van der Waals surface area contributed by atoms with Gasteiger partial charge in [-0.15, -0.1) is 0 Å². The molecule has 5 heteroatoms. The molecule has 5 nitrogen and oxygen atoms in total. The highest BCUT2D eigenvalue weighted by Crippen LogP contribution is 2.18. The summed E-state index contributed by atoms with van der Waals surface area (Å²) in [5.41, 5.74) is 0.672. The number of imidazole rings is 1. The van der Waals surface area contributed by atoms with Gasteiger partial charge in [0.1, 0.15) is 5.69 Å². The van der Waals surface area contributed by atoms with E-state index in [4.69, 9.17) is 0 Å². The Labute approximate surface area is 79.6 Å². The molecule has 2 heterocycles. The standard InChI is InChI=1S/C9H8N2O3/c1-14-9(13)6-2-3-7(12)8-10-4-5-11(6)8/h2-5,12H,1H3. The molecule has 2 aromatic heterocycles. The number of pyridine rings is 1. The van der Waals surface area contributed by atoms with Crippen LogP contribution in [0.3, 0.4) is 0 Å². The molecule has 0 unspecified atom stereocenters. The normalized spacial score (nSPS) is 10.4. The molecule has 0 aliphatic rings. The van der Waals surface area contributed by atoms with Crippen molar-refractivity contribution in [3.8, 4) is 5.75 Å². The van der Waals surface area contributed by atoms with E-state index >= 15 is 0 Å². The van der Waals surface area contributed by atoms with E-state index in [0.717, 1.165) is 0 Å². The summed E-state index contributed by atoms with van der Waals surface area (Å²) in [6.07, 6.45) is 3.09. The first kappa shape index (κ1) is 8.55. The lowest BCUT2D eigenvalue weighted by atomic mass is 10.3. The Balaban J connectivity index is 2.72. The van der Waals surface area contributed by atoms with E-state index in [1.54, 1.807) is 6.20 Å². The summed E-state index contributed by atoms with van der Waals surface area (Å²) in [6, 6.07) is 2.89. The van der Waals surface area contributed by atoms with Crippen molar-refractivity contribution in [1.82, 2.24) is 9.38 Å². The molecule has 0 saturated carbocycles. The molecule has 0 bridgehead atoms. The van der Waals surface area contributed by atoms with Gasteiger partial charge in [-0.05, 0) is 12.1 Å². The van der Waals surface area contributed by atoms with Gasteiger partial charge in [-0.25, -0.2) is 9.78 Å². The number of aromatic hydroxyl groups is 1. The van der Waals surface area contributed by atoms with Crippen LogP contribution in [0.5, 0.6) is 5.75 Å². The van der Waals surface area contributed by atoms with Crippen LogP contribution in [0.25, 0.3) is 5.65 Å². The molecule has 0 fully saturated rings. The molecule has 0 aromatic carbocycles. The number of ether oxygens (including phenoxy) is 1. The molecule has 0 atom stereocenters. The van der Waals surface area contributed by atoms with Crippen LogP contribution in [0.4, 0.5) is 0 Å². The SMILES string of the molecule is COC(=O)c1ccc(O)c2nccn12. The molecular formula is C9H8N2O3. The van der Waals surface area contributed by atoms with E-state index in [-0.39, 0.29) is 5.75 Å². The van der Waals surface area contributed by atoms with Crippen LogP contribution in [0.1, 0.15) is 10.5 Å². The third-order valence-corrected chi connectivity index (χ3v) is 1.92. The van der Waals surface area contributed by atoms with E-state index in [9.17, 15) is 9.90 Å². The number of hydrogen-bond donors (Lipinski definition) is 1. The summed E-state index contributed by atoms with van der Waals surface area (Å²) < 4.78 is 6.06. The van der Waals surface area contributed by atoms with Gasteiger partial charge in [0.2, 0.25) is 0 Å². The van der Waals surface area contributed by atoms with Crippen molar-refractivity contribution in [2.24, 2.45) is 0 Å². The quantitative estimate of drug-likeness (QED) is 0.679. The average Bonchev–Trinajstić information content (AvgIpc) is 2.67. The Morgan fingerprint density at radius 3 is 3.07 bits per heavy atom. The Hall–Kier alpha value is -2.04. The van der Waals surface area contributed by atoms with Crippen molar-refractivity contribution < 1.29 is 14.6 Å². The van der Waals surface area contributed by atoms with Crippen LogP contribution in [0.15, 0.2) is 24.5 Å². The van der Waals surface area contributed by atoms with Gasteiger partial charge in [-0.2, -0.15) is 0 Å². The monoisotopic (exact) mass is 192 g/mol. The van der Waals surface area contributed by atoms with E-state index in [1.165, 1.54) is 29.8 Å². The number of esters is 1. The van der Waals surface area contributed by atoms with Crippen molar-refractivity contribution in [1.29, 1.82) is 0 Å². The fourth-order valence-electron chi connectivity index (χ4n) is 1.27. The number of rotatable bonds is 1. The molecule has 0 amide bonds. The number of methoxy groups -OCH3 is 1. The van der Waals surface area contributed by atoms with Gasteiger partial charge < -0.3 is 9.84 Å². The van der Waals surface area contributed by atoms with E-state index in [2.05, 4.69) is 9.72 Å². The highest BCUT2D eigenvalue weighted by Gasteiger charge is 2.12. The van der Waals surface area contributed by atoms with Crippen LogP contribution in [0.2, 0.25) is 0 Å². The van der Waals surface area contributed by atoms with Gasteiger partial charge in [0, 0.05) is 12.4 Å². The molecule has 0 aliphatic heterocycles. The lowest BCUT2D eigenvalue weighted by Crippen LogP contribution is -2.07. The zero-order valence-corrected chi connectivity index (χ0v) is 7.47.